The van der Waals surface area contributed by atoms with Gasteiger partial charge in [0.2, 0.25) is 0 Å². The minimum atomic E-state index is -0.255. The van der Waals surface area contributed by atoms with E-state index in [9.17, 15) is 0 Å². The van der Waals surface area contributed by atoms with Crippen molar-refractivity contribution in [2.45, 2.75) is 19.5 Å². The second-order valence-corrected chi connectivity index (χ2v) is 11.4. The molecule has 0 N–H and O–H groups in total. The highest BCUT2D eigenvalue weighted by atomic mass is 31.9. The number of hydrogen-bond acceptors (Lipinski definition) is 0. The molecule has 0 aliphatic heterocycles. The minimum Gasteiger partial charge on any atom is -0.0841 e. The summed E-state index contributed by atoms with van der Waals surface area (Å²) >= 11 is 0. The Bertz CT molecular complexity index is 985. The lowest BCUT2D eigenvalue weighted by Gasteiger charge is -2.12. The van der Waals surface area contributed by atoms with Crippen molar-refractivity contribution in [3.63, 3.8) is 0 Å². The van der Waals surface area contributed by atoms with E-state index in [2.05, 4.69) is 105 Å². The highest BCUT2D eigenvalue weighted by Crippen LogP contribution is 2.65. The average Bonchev–Trinajstić information content (AvgIpc) is 3.11. The van der Waals surface area contributed by atoms with Crippen LogP contribution >= 0.6 is 15.1 Å². The summed E-state index contributed by atoms with van der Waals surface area (Å²) in [6.07, 6.45) is 0. The quantitative estimate of drug-likeness (QED) is 0.336. The normalized spacial score (nSPS) is 12.0. The van der Waals surface area contributed by atoms with Crippen molar-refractivity contribution in [1.29, 1.82) is 0 Å². The predicted molar refractivity (Wildman–Crippen MR) is 118 cm³/mol. The van der Waals surface area contributed by atoms with Crippen LogP contribution in [-0.2, 0) is 0 Å². The molecule has 1 heterocycles. The van der Waals surface area contributed by atoms with E-state index in [-0.39, 0.29) is 7.21 Å². The maximum absolute atomic E-state index is 2.37. The molecule has 0 amide bonds. The standard InChI is InChI=1S/C24H22P2/c1-18(2)26-24(21-16-10-5-11-17-21)22(19-12-6-3-7-13-19)23(25-26)20-14-8-4-9-15-20/h3-18H,1-2H3. The summed E-state index contributed by atoms with van der Waals surface area (Å²) in [5.41, 5.74) is 6.17. The second-order valence-electron chi connectivity index (χ2n) is 6.71. The number of rotatable bonds is 4. The van der Waals surface area contributed by atoms with Gasteiger partial charge in [-0.05, 0) is 30.2 Å². The van der Waals surface area contributed by atoms with Gasteiger partial charge in [0.1, 0.15) is 0 Å². The molecule has 0 saturated heterocycles. The molecule has 2 heteroatoms. The molecular formula is C24H22P2. The number of hydrogen-bond donors (Lipinski definition) is 0. The van der Waals surface area contributed by atoms with E-state index in [1.54, 1.807) is 5.30 Å². The number of benzene rings is 3. The van der Waals surface area contributed by atoms with Gasteiger partial charge in [0.05, 0.1) is 0 Å². The molecule has 3 aromatic carbocycles. The third-order valence-electron chi connectivity index (χ3n) is 4.56. The molecule has 0 bridgehead atoms. The fourth-order valence-electron chi connectivity index (χ4n) is 3.36. The molecule has 0 fully saturated rings. The molecule has 0 radical (unpaired) electrons. The summed E-state index contributed by atoms with van der Waals surface area (Å²) in [6.45, 7) is 4.75. The first-order valence-corrected chi connectivity index (χ1v) is 12.1. The lowest BCUT2D eigenvalue weighted by molar-refractivity contribution is 1.04. The van der Waals surface area contributed by atoms with Crippen molar-refractivity contribution in [3.8, 4) is 32.8 Å². The van der Waals surface area contributed by atoms with Crippen LogP contribution in [0.1, 0.15) is 19.5 Å². The van der Waals surface area contributed by atoms with Crippen LogP contribution < -0.4 is 0 Å². The van der Waals surface area contributed by atoms with Crippen LogP contribution in [0, 0.1) is 0 Å². The molecule has 1 atom stereocenters. The maximum atomic E-state index is 2.37. The van der Waals surface area contributed by atoms with E-state index in [1.165, 1.54) is 35.4 Å². The molecule has 1 unspecified atom stereocenters. The zero-order valence-electron chi connectivity index (χ0n) is 15.1. The van der Waals surface area contributed by atoms with Crippen LogP contribution in [0.25, 0.3) is 32.8 Å². The topological polar surface area (TPSA) is 0 Å². The monoisotopic (exact) mass is 372 g/mol. The van der Waals surface area contributed by atoms with Gasteiger partial charge < -0.3 is 0 Å². The Morgan fingerprint density at radius 1 is 0.615 bits per heavy atom. The van der Waals surface area contributed by atoms with Crippen molar-refractivity contribution < 1.29 is 0 Å². The van der Waals surface area contributed by atoms with Crippen molar-refractivity contribution in [3.05, 3.63) is 91.0 Å². The van der Waals surface area contributed by atoms with Crippen LogP contribution in [0.2, 0.25) is 0 Å². The Morgan fingerprint density at radius 3 is 1.58 bits per heavy atom. The second kappa shape index (κ2) is 7.63. The summed E-state index contributed by atoms with van der Waals surface area (Å²) in [7, 11) is 1.22. The summed E-state index contributed by atoms with van der Waals surface area (Å²) < 4.78 is 0. The SMILES string of the molecule is CC(C)p1pc(-c2ccccc2)c(-c2ccccc2)c1-c1ccccc1. The Labute approximate surface area is 158 Å². The Morgan fingerprint density at radius 2 is 1.08 bits per heavy atom. The third kappa shape index (κ3) is 3.28. The van der Waals surface area contributed by atoms with Gasteiger partial charge in [0, 0.05) is 16.2 Å². The molecular weight excluding hydrogens is 350 g/mol. The van der Waals surface area contributed by atoms with Crippen molar-refractivity contribution in [2.24, 2.45) is 0 Å². The maximum Gasteiger partial charge on any atom is 0.0218 e. The fraction of sp³-hybridized carbons (Fsp3) is 0.125. The first-order chi connectivity index (χ1) is 12.8. The summed E-state index contributed by atoms with van der Waals surface area (Å²) in [5.74, 6) is 0. The van der Waals surface area contributed by atoms with Crippen molar-refractivity contribution in [2.75, 3.05) is 0 Å². The van der Waals surface area contributed by atoms with Crippen LogP contribution in [0.3, 0.4) is 0 Å². The summed E-state index contributed by atoms with van der Waals surface area (Å²) in [4.78, 5) is 0. The zero-order valence-corrected chi connectivity index (χ0v) is 16.9. The van der Waals surface area contributed by atoms with E-state index >= 15 is 0 Å². The average molecular weight is 372 g/mol. The molecule has 0 aliphatic rings. The molecule has 0 spiro atoms. The highest BCUT2D eigenvalue weighted by molar-refractivity contribution is 8.03. The van der Waals surface area contributed by atoms with Crippen LogP contribution in [0.4, 0.5) is 0 Å². The van der Waals surface area contributed by atoms with Gasteiger partial charge in [-0.1, -0.05) is 112 Å². The van der Waals surface area contributed by atoms with Crippen LogP contribution in [-0.4, -0.2) is 0 Å². The Balaban J connectivity index is 2.08. The molecule has 26 heavy (non-hydrogen) atoms. The van der Waals surface area contributed by atoms with Gasteiger partial charge in [-0.15, -0.1) is 0 Å². The predicted octanol–water partition coefficient (Wildman–Crippen LogP) is 8.84. The molecule has 4 aromatic rings. The zero-order chi connectivity index (χ0) is 17.9. The van der Waals surface area contributed by atoms with Gasteiger partial charge in [0.25, 0.3) is 0 Å². The first kappa shape index (κ1) is 17.3. The lowest BCUT2D eigenvalue weighted by Crippen LogP contribution is -1.84. The molecule has 4 rings (SSSR count). The van der Waals surface area contributed by atoms with Gasteiger partial charge in [0.15, 0.2) is 0 Å². The van der Waals surface area contributed by atoms with Crippen molar-refractivity contribution >= 4 is 15.1 Å². The van der Waals surface area contributed by atoms with Crippen LogP contribution in [0.15, 0.2) is 91.0 Å². The Kier molecular flexibility index (Phi) is 5.07. The van der Waals surface area contributed by atoms with E-state index in [0.717, 1.165) is 0 Å². The molecule has 1 aromatic heterocycles. The Hall–Kier alpha value is -2.13. The fourth-order valence-corrected chi connectivity index (χ4v) is 8.93. The lowest BCUT2D eigenvalue weighted by atomic mass is 9.98. The van der Waals surface area contributed by atoms with Crippen molar-refractivity contribution in [1.82, 2.24) is 0 Å². The molecule has 128 valence electrons. The molecule has 0 saturated carbocycles. The van der Waals surface area contributed by atoms with Gasteiger partial charge in [-0.2, -0.15) is 0 Å². The molecule has 0 nitrogen and oxygen atoms in total. The molecule has 0 aliphatic carbocycles. The summed E-state index contributed by atoms with van der Waals surface area (Å²) in [6, 6.07) is 32.8. The largest absolute Gasteiger partial charge is 0.0841 e. The van der Waals surface area contributed by atoms with Gasteiger partial charge in [-0.25, -0.2) is 0 Å². The summed E-state index contributed by atoms with van der Waals surface area (Å²) in [5, 5.41) is 3.04. The van der Waals surface area contributed by atoms with Gasteiger partial charge in [-0.3, -0.25) is 0 Å². The van der Waals surface area contributed by atoms with E-state index in [4.69, 9.17) is 0 Å². The first-order valence-electron chi connectivity index (χ1n) is 9.04. The smallest absolute Gasteiger partial charge is 0.0218 e. The minimum absolute atomic E-state index is 0.255. The van der Waals surface area contributed by atoms with E-state index < -0.39 is 0 Å². The highest BCUT2D eigenvalue weighted by Gasteiger charge is 2.22. The van der Waals surface area contributed by atoms with E-state index in [0.29, 0.717) is 5.66 Å². The van der Waals surface area contributed by atoms with E-state index in [1.807, 2.05) is 0 Å². The van der Waals surface area contributed by atoms with Crippen LogP contribution in [0.5, 0.6) is 0 Å². The van der Waals surface area contributed by atoms with Gasteiger partial charge >= 0.3 is 0 Å². The third-order valence-corrected chi connectivity index (χ3v) is 10.6.